The van der Waals surface area contributed by atoms with E-state index < -0.39 is 4.92 Å². The Morgan fingerprint density at radius 3 is 2.37 bits per heavy atom. The van der Waals surface area contributed by atoms with Crippen molar-refractivity contribution in [3.63, 3.8) is 0 Å². The summed E-state index contributed by atoms with van der Waals surface area (Å²) in [6, 6.07) is 23.2. The van der Waals surface area contributed by atoms with Gasteiger partial charge in [-0.2, -0.15) is 10.2 Å². The first-order chi connectivity index (χ1) is 14.6. The third-order valence-corrected chi connectivity index (χ3v) is 4.61. The molecule has 148 valence electrons. The maximum Gasteiger partial charge on any atom is 0.269 e. The van der Waals surface area contributed by atoms with Crippen LogP contribution in [-0.2, 0) is 0 Å². The number of hydrogen-bond acceptors (Lipinski definition) is 5. The molecule has 0 unspecified atom stereocenters. The summed E-state index contributed by atoms with van der Waals surface area (Å²) in [6.45, 7) is 0. The van der Waals surface area contributed by atoms with Gasteiger partial charge in [-0.05, 0) is 36.4 Å². The fourth-order valence-corrected chi connectivity index (χ4v) is 2.99. The summed E-state index contributed by atoms with van der Waals surface area (Å²) in [4.78, 5) is 10.5. The van der Waals surface area contributed by atoms with E-state index in [1.54, 1.807) is 35.2 Å². The lowest BCUT2D eigenvalue weighted by Crippen LogP contribution is -1.95. The summed E-state index contributed by atoms with van der Waals surface area (Å²) >= 11 is 5.90. The fourth-order valence-electron chi connectivity index (χ4n) is 2.86. The number of anilines is 1. The van der Waals surface area contributed by atoms with Gasteiger partial charge < -0.3 is 0 Å². The highest BCUT2D eigenvalue weighted by molar-refractivity contribution is 6.30. The molecule has 0 atom stereocenters. The number of nitrogens with zero attached hydrogens (tertiary/aromatic N) is 4. The molecule has 0 radical (unpaired) electrons. The minimum atomic E-state index is -0.428. The molecule has 0 saturated carbocycles. The lowest BCUT2D eigenvalue weighted by Gasteiger charge is -2.01. The van der Waals surface area contributed by atoms with Crippen molar-refractivity contribution in [2.75, 3.05) is 5.43 Å². The van der Waals surface area contributed by atoms with Crippen LogP contribution in [0.5, 0.6) is 0 Å². The summed E-state index contributed by atoms with van der Waals surface area (Å²) in [7, 11) is 0. The Morgan fingerprint density at radius 2 is 1.70 bits per heavy atom. The van der Waals surface area contributed by atoms with Gasteiger partial charge in [0.25, 0.3) is 5.69 Å². The van der Waals surface area contributed by atoms with Gasteiger partial charge in [0.2, 0.25) is 0 Å². The zero-order valence-electron chi connectivity index (χ0n) is 15.6. The van der Waals surface area contributed by atoms with Crippen molar-refractivity contribution >= 4 is 29.2 Å². The number of nitro groups is 1. The number of nitrogens with one attached hydrogen (secondary N) is 1. The van der Waals surface area contributed by atoms with Gasteiger partial charge in [0.15, 0.2) is 0 Å². The number of halogens is 1. The van der Waals surface area contributed by atoms with Crippen molar-refractivity contribution in [3.05, 3.63) is 106 Å². The Morgan fingerprint density at radius 1 is 1.00 bits per heavy atom. The minimum Gasteiger partial charge on any atom is -0.279 e. The average Bonchev–Trinajstić information content (AvgIpc) is 3.20. The Hall–Kier alpha value is -3.97. The smallest absolute Gasteiger partial charge is 0.269 e. The quantitative estimate of drug-likeness (QED) is 0.253. The standard InChI is InChI=1S/C22H16ClN5O2/c23-18-6-8-19(9-7-18)25-24-14-17-15-27(20-10-12-21(13-11-20)28(29)30)26-22(17)16-4-2-1-3-5-16/h1-15,25H. The van der Waals surface area contributed by atoms with Crippen LogP contribution in [0.25, 0.3) is 16.9 Å². The summed E-state index contributed by atoms with van der Waals surface area (Å²) < 4.78 is 1.68. The van der Waals surface area contributed by atoms with Crippen LogP contribution < -0.4 is 5.43 Å². The molecule has 4 rings (SSSR count). The van der Waals surface area contributed by atoms with E-state index in [1.807, 2.05) is 48.7 Å². The molecule has 1 aromatic heterocycles. The predicted molar refractivity (Wildman–Crippen MR) is 118 cm³/mol. The molecular weight excluding hydrogens is 402 g/mol. The molecule has 0 fully saturated rings. The van der Waals surface area contributed by atoms with Crippen molar-refractivity contribution < 1.29 is 4.92 Å². The number of non-ortho nitro benzene ring substituents is 1. The van der Waals surface area contributed by atoms with Crippen molar-refractivity contribution in [2.24, 2.45) is 5.10 Å². The van der Waals surface area contributed by atoms with E-state index in [0.29, 0.717) is 10.7 Å². The summed E-state index contributed by atoms with van der Waals surface area (Å²) in [5, 5.41) is 20.5. The van der Waals surface area contributed by atoms with Gasteiger partial charge in [0, 0.05) is 34.5 Å². The fraction of sp³-hybridized carbons (Fsp3) is 0. The molecule has 1 N–H and O–H groups in total. The van der Waals surface area contributed by atoms with Crippen LogP contribution in [-0.4, -0.2) is 20.9 Å². The van der Waals surface area contributed by atoms with E-state index in [-0.39, 0.29) is 5.69 Å². The molecule has 3 aromatic carbocycles. The second kappa shape index (κ2) is 8.59. The molecule has 1 heterocycles. The van der Waals surface area contributed by atoms with Crippen LogP contribution >= 0.6 is 11.6 Å². The topological polar surface area (TPSA) is 85.3 Å². The number of rotatable bonds is 6. The second-order valence-corrected chi connectivity index (χ2v) is 6.83. The van der Waals surface area contributed by atoms with Gasteiger partial charge >= 0.3 is 0 Å². The Balaban J connectivity index is 1.66. The van der Waals surface area contributed by atoms with E-state index >= 15 is 0 Å². The molecule has 8 heteroatoms. The van der Waals surface area contributed by atoms with E-state index in [9.17, 15) is 10.1 Å². The number of aromatic nitrogens is 2. The molecule has 4 aromatic rings. The summed E-state index contributed by atoms with van der Waals surface area (Å²) in [5.41, 5.74) is 6.99. The van der Waals surface area contributed by atoms with Crippen molar-refractivity contribution in [1.29, 1.82) is 0 Å². The molecule has 0 aliphatic carbocycles. The molecule has 0 amide bonds. The first-order valence-corrected chi connectivity index (χ1v) is 9.42. The third-order valence-electron chi connectivity index (χ3n) is 4.36. The van der Waals surface area contributed by atoms with E-state index in [4.69, 9.17) is 11.6 Å². The maximum absolute atomic E-state index is 10.9. The van der Waals surface area contributed by atoms with Crippen LogP contribution in [0.1, 0.15) is 5.56 Å². The summed E-state index contributed by atoms with van der Waals surface area (Å²) in [5.74, 6) is 0. The first kappa shape index (κ1) is 19.4. The van der Waals surface area contributed by atoms with Crippen molar-refractivity contribution in [3.8, 4) is 16.9 Å². The molecular formula is C22H16ClN5O2. The van der Waals surface area contributed by atoms with Crippen molar-refractivity contribution in [1.82, 2.24) is 9.78 Å². The van der Waals surface area contributed by atoms with Gasteiger partial charge in [-0.15, -0.1) is 0 Å². The lowest BCUT2D eigenvalue weighted by atomic mass is 10.1. The largest absolute Gasteiger partial charge is 0.279 e. The van der Waals surface area contributed by atoms with Crippen LogP contribution in [0.4, 0.5) is 11.4 Å². The van der Waals surface area contributed by atoms with E-state index in [0.717, 1.165) is 22.5 Å². The van der Waals surface area contributed by atoms with Gasteiger partial charge in [-0.3, -0.25) is 15.5 Å². The molecule has 0 aliphatic heterocycles. The zero-order chi connectivity index (χ0) is 20.9. The zero-order valence-corrected chi connectivity index (χ0v) is 16.4. The van der Waals surface area contributed by atoms with Gasteiger partial charge in [-0.1, -0.05) is 41.9 Å². The molecule has 0 saturated heterocycles. The summed E-state index contributed by atoms with van der Waals surface area (Å²) in [6.07, 6.45) is 3.52. The van der Waals surface area contributed by atoms with E-state index in [1.165, 1.54) is 12.1 Å². The Bertz CT molecular complexity index is 1190. The molecule has 7 nitrogen and oxygen atoms in total. The van der Waals surface area contributed by atoms with Gasteiger partial charge in [-0.25, -0.2) is 4.68 Å². The molecule has 30 heavy (non-hydrogen) atoms. The highest BCUT2D eigenvalue weighted by Crippen LogP contribution is 2.23. The second-order valence-electron chi connectivity index (χ2n) is 6.39. The molecule has 0 spiro atoms. The number of benzene rings is 3. The van der Waals surface area contributed by atoms with Crippen LogP contribution in [0, 0.1) is 10.1 Å². The Kier molecular flexibility index (Phi) is 5.54. The minimum absolute atomic E-state index is 0.0307. The van der Waals surface area contributed by atoms with Crippen LogP contribution in [0.15, 0.2) is 90.2 Å². The van der Waals surface area contributed by atoms with Crippen LogP contribution in [0.3, 0.4) is 0 Å². The normalized spacial score (nSPS) is 11.0. The molecule has 0 bridgehead atoms. The van der Waals surface area contributed by atoms with Crippen molar-refractivity contribution in [2.45, 2.75) is 0 Å². The highest BCUT2D eigenvalue weighted by Gasteiger charge is 2.12. The van der Waals surface area contributed by atoms with E-state index in [2.05, 4.69) is 15.6 Å². The predicted octanol–water partition coefficient (Wildman–Crippen LogP) is 5.55. The Labute approximate surface area is 177 Å². The van der Waals surface area contributed by atoms with Crippen LogP contribution in [0.2, 0.25) is 5.02 Å². The average molecular weight is 418 g/mol. The lowest BCUT2D eigenvalue weighted by molar-refractivity contribution is -0.384. The number of hydrazone groups is 1. The first-order valence-electron chi connectivity index (χ1n) is 9.05. The SMILES string of the molecule is O=[N+]([O-])c1ccc(-n2cc(C=NNc3ccc(Cl)cc3)c(-c3ccccc3)n2)cc1. The van der Waals surface area contributed by atoms with Gasteiger partial charge in [0.1, 0.15) is 5.69 Å². The third kappa shape index (κ3) is 4.37. The number of nitro benzene ring substituents is 1. The maximum atomic E-state index is 10.9. The number of hydrogen-bond donors (Lipinski definition) is 1. The van der Waals surface area contributed by atoms with Gasteiger partial charge in [0.05, 0.1) is 22.5 Å². The highest BCUT2D eigenvalue weighted by atomic mass is 35.5. The molecule has 0 aliphatic rings. The monoisotopic (exact) mass is 417 g/mol.